The van der Waals surface area contributed by atoms with E-state index in [0.29, 0.717) is 5.56 Å². The van der Waals surface area contributed by atoms with Crippen molar-refractivity contribution in [3.05, 3.63) is 59.9 Å². The van der Waals surface area contributed by atoms with Gasteiger partial charge in [-0.15, -0.1) is 0 Å². The summed E-state index contributed by atoms with van der Waals surface area (Å²) in [6, 6.07) is 9.18. The number of ether oxygens (including phenoxy) is 1. The number of nitrogens with zero attached hydrogens (tertiary/aromatic N) is 2. The van der Waals surface area contributed by atoms with Crippen LogP contribution in [0, 0.1) is 13.8 Å². The van der Waals surface area contributed by atoms with Crippen LogP contribution in [0.5, 0.6) is 0 Å². The number of carbonyl (C=O) groups is 1. The molecular formula is C15H16N2O2. The molecule has 98 valence electrons. The number of benzene rings is 1. The Balaban J connectivity index is 2.21. The van der Waals surface area contributed by atoms with Crippen molar-refractivity contribution in [1.29, 1.82) is 0 Å². The minimum absolute atomic E-state index is 0.220. The Bertz CT molecular complexity index is 597. The van der Waals surface area contributed by atoms with E-state index in [4.69, 9.17) is 4.74 Å². The Morgan fingerprint density at radius 1 is 1.37 bits per heavy atom. The average Bonchev–Trinajstić information content (AvgIpc) is 2.75. The van der Waals surface area contributed by atoms with Crippen LogP contribution in [0.4, 0.5) is 0 Å². The fourth-order valence-corrected chi connectivity index (χ4v) is 1.85. The lowest BCUT2D eigenvalue weighted by molar-refractivity contribution is 0.0550. The fraction of sp³-hybridized carbons (Fsp3) is 0.200. The second-order valence-electron chi connectivity index (χ2n) is 4.27. The van der Waals surface area contributed by atoms with Gasteiger partial charge in [0.1, 0.15) is 6.61 Å². The third kappa shape index (κ3) is 2.91. The van der Waals surface area contributed by atoms with E-state index < -0.39 is 0 Å². The predicted octanol–water partition coefficient (Wildman–Crippen LogP) is 2.83. The van der Waals surface area contributed by atoms with E-state index in [0.717, 1.165) is 17.1 Å². The molecule has 0 fully saturated rings. The second kappa shape index (κ2) is 5.52. The van der Waals surface area contributed by atoms with Crippen molar-refractivity contribution in [2.75, 3.05) is 6.61 Å². The topological polar surface area (TPSA) is 44.1 Å². The third-order valence-electron chi connectivity index (χ3n) is 2.69. The van der Waals surface area contributed by atoms with E-state index in [-0.39, 0.29) is 12.6 Å². The van der Waals surface area contributed by atoms with Gasteiger partial charge in [0, 0.05) is 5.69 Å². The second-order valence-corrected chi connectivity index (χ2v) is 4.27. The van der Waals surface area contributed by atoms with Gasteiger partial charge in [-0.2, -0.15) is 5.10 Å². The van der Waals surface area contributed by atoms with Gasteiger partial charge in [0.25, 0.3) is 0 Å². The minimum Gasteiger partial charge on any atom is -0.458 e. The van der Waals surface area contributed by atoms with Crippen LogP contribution in [0.25, 0.3) is 5.69 Å². The molecule has 0 aliphatic rings. The minimum atomic E-state index is -0.347. The van der Waals surface area contributed by atoms with Crippen molar-refractivity contribution in [2.45, 2.75) is 13.8 Å². The van der Waals surface area contributed by atoms with E-state index in [1.165, 1.54) is 0 Å². The molecule has 1 heterocycles. The summed E-state index contributed by atoms with van der Waals surface area (Å²) in [6.45, 7) is 7.66. The van der Waals surface area contributed by atoms with Gasteiger partial charge in [-0.1, -0.05) is 12.7 Å². The number of carbonyl (C=O) groups excluding carboxylic acids is 1. The van der Waals surface area contributed by atoms with Crippen LogP contribution in [-0.4, -0.2) is 22.4 Å². The number of aromatic nitrogens is 2. The molecule has 1 aromatic heterocycles. The molecule has 0 atom stereocenters. The van der Waals surface area contributed by atoms with Gasteiger partial charge in [0.2, 0.25) is 0 Å². The van der Waals surface area contributed by atoms with Crippen LogP contribution >= 0.6 is 0 Å². The van der Waals surface area contributed by atoms with E-state index in [9.17, 15) is 4.79 Å². The van der Waals surface area contributed by atoms with E-state index in [1.54, 1.807) is 18.2 Å². The Morgan fingerprint density at radius 3 is 2.58 bits per heavy atom. The van der Waals surface area contributed by atoms with E-state index in [1.807, 2.05) is 36.7 Å². The summed E-state index contributed by atoms with van der Waals surface area (Å²) >= 11 is 0. The van der Waals surface area contributed by atoms with Gasteiger partial charge in [-0.3, -0.25) is 0 Å². The van der Waals surface area contributed by atoms with Gasteiger partial charge < -0.3 is 4.74 Å². The summed E-state index contributed by atoms with van der Waals surface area (Å²) in [5.41, 5.74) is 3.46. The Labute approximate surface area is 112 Å². The maximum Gasteiger partial charge on any atom is 0.338 e. The van der Waals surface area contributed by atoms with Gasteiger partial charge in [0.05, 0.1) is 16.9 Å². The first-order valence-electron chi connectivity index (χ1n) is 6.03. The number of esters is 1. The van der Waals surface area contributed by atoms with Crippen LogP contribution in [0.2, 0.25) is 0 Å². The van der Waals surface area contributed by atoms with Crippen LogP contribution in [-0.2, 0) is 4.74 Å². The van der Waals surface area contributed by atoms with Crippen LogP contribution < -0.4 is 0 Å². The highest BCUT2D eigenvalue weighted by atomic mass is 16.5. The molecule has 0 aliphatic carbocycles. The molecule has 0 bridgehead atoms. The van der Waals surface area contributed by atoms with Crippen LogP contribution in [0.1, 0.15) is 21.7 Å². The monoisotopic (exact) mass is 256 g/mol. The lowest BCUT2D eigenvalue weighted by Gasteiger charge is -2.06. The normalized spacial score (nSPS) is 10.2. The quantitative estimate of drug-likeness (QED) is 0.624. The molecule has 0 saturated carbocycles. The molecule has 0 N–H and O–H groups in total. The molecule has 0 unspecified atom stereocenters. The number of hydrogen-bond acceptors (Lipinski definition) is 3. The molecule has 0 spiro atoms. The average molecular weight is 256 g/mol. The molecule has 0 amide bonds. The lowest BCUT2D eigenvalue weighted by atomic mass is 10.2. The first kappa shape index (κ1) is 13.1. The molecule has 0 radical (unpaired) electrons. The van der Waals surface area contributed by atoms with Crippen molar-refractivity contribution < 1.29 is 9.53 Å². The van der Waals surface area contributed by atoms with Crippen molar-refractivity contribution in [1.82, 2.24) is 9.78 Å². The zero-order valence-electron chi connectivity index (χ0n) is 11.1. The maximum absolute atomic E-state index is 11.6. The van der Waals surface area contributed by atoms with Crippen molar-refractivity contribution in [2.24, 2.45) is 0 Å². The summed E-state index contributed by atoms with van der Waals surface area (Å²) < 4.78 is 6.81. The molecule has 2 aromatic rings. The Morgan fingerprint density at radius 2 is 2.05 bits per heavy atom. The van der Waals surface area contributed by atoms with Crippen molar-refractivity contribution >= 4 is 5.97 Å². The standard InChI is InChI=1S/C15H16N2O2/c1-4-9-19-15(18)13-5-7-14(8-6-13)17-12(3)10-11(2)16-17/h4-8,10H,1,9H2,2-3H3. The Hall–Kier alpha value is -2.36. The predicted molar refractivity (Wildman–Crippen MR) is 73.5 cm³/mol. The lowest BCUT2D eigenvalue weighted by Crippen LogP contribution is -2.06. The summed E-state index contributed by atoms with van der Waals surface area (Å²) in [5, 5.41) is 4.39. The van der Waals surface area contributed by atoms with Crippen LogP contribution in [0.3, 0.4) is 0 Å². The number of hydrogen-bond donors (Lipinski definition) is 0. The molecule has 1 aromatic carbocycles. The zero-order chi connectivity index (χ0) is 13.8. The maximum atomic E-state index is 11.6. The summed E-state index contributed by atoms with van der Waals surface area (Å²) in [7, 11) is 0. The largest absolute Gasteiger partial charge is 0.458 e. The summed E-state index contributed by atoms with van der Waals surface area (Å²) in [6.07, 6.45) is 1.54. The first-order valence-corrected chi connectivity index (χ1v) is 6.03. The smallest absolute Gasteiger partial charge is 0.338 e. The SMILES string of the molecule is C=CCOC(=O)c1ccc(-n2nc(C)cc2C)cc1. The van der Waals surface area contributed by atoms with Gasteiger partial charge in [-0.05, 0) is 44.2 Å². The highest BCUT2D eigenvalue weighted by Crippen LogP contribution is 2.13. The first-order chi connectivity index (χ1) is 9.11. The summed E-state index contributed by atoms with van der Waals surface area (Å²) in [5.74, 6) is -0.347. The molecule has 0 aliphatic heterocycles. The number of aryl methyl sites for hydroxylation is 2. The zero-order valence-corrected chi connectivity index (χ0v) is 11.1. The van der Waals surface area contributed by atoms with Crippen molar-refractivity contribution in [3.63, 3.8) is 0 Å². The molecule has 2 rings (SSSR count). The summed E-state index contributed by atoms with van der Waals surface area (Å²) in [4.78, 5) is 11.6. The van der Waals surface area contributed by atoms with Gasteiger partial charge in [0.15, 0.2) is 0 Å². The van der Waals surface area contributed by atoms with Gasteiger partial charge in [-0.25, -0.2) is 9.48 Å². The molecule has 4 heteroatoms. The highest BCUT2D eigenvalue weighted by Gasteiger charge is 2.08. The van der Waals surface area contributed by atoms with Gasteiger partial charge >= 0.3 is 5.97 Å². The molecule has 0 saturated heterocycles. The van der Waals surface area contributed by atoms with E-state index >= 15 is 0 Å². The highest BCUT2D eigenvalue weighted by molar-refractivity contribution is 5.89. The molecule has 19 heavy (non-hydrogen) atoms. The molecular weight excluding hydrogens is 240 g/mol. The third-order valence-corrected chi connectivity index (χ3v) is 2.69. The number of rotatable bonds is 4. The Kier molecular flexibility index (Phi) is 3.80. The fourth-order valence-electron chi connectivity index (χ4n) is 1.85. The van der Waals surface area contributed by atoms with Crippen molar-refractivity contribution in [3.8, 4) is 5.69 Å². The van der Waals surface area contributed by atoms with Crippen LogP contribution in [0.15, 0.2) is 43.0 Å². The molecule has 4 nitrogen and oxygen atoms in total. The van der Waals surface area contributed by atoms with E-state index in [2.05, 4.69) is 11.7 Å².